The molecule has 1 N–H and O–H groups in total. The van der Waals surface area contributed by atoms with Crippen molar-refractivity contribution in [1.29, 1.82) is 0 Å². The summed E-state index contributed by atoms with van der Waals surface area (Å²) in [5.41, 5.74) is 0.953. The molecule has 1 aliphatic heterocycles. The first-order chi connectivity index (χ1) is 12.1. The Balaban J connectivity index is 1.71. The summed E-state index contributed by atoms with van der Waals surface area (Å²) in [5, 5.41) is 0.686. The molecule has 1 aromatic heterocycles. The molecule has 0 saturated carbocycles. The molecule has 1 aromatic carbocycles. The zero-order valence-corrected chi connectivity index (χ0v) is 15.9. The SMILES string of the molecule is CCOC(=O)[C@@H]1CCC[NH+](Cn2ccn(-c3cccc(Cl)c3)c2=S)C1. The highest BCUT2D eigenvalue weighted by molar-refractivity contribution is 7.71. The van der Waals surface area contributed by atoms with Gasteiger partial charge in [-0.25, -0.2) is 0 Å². The third-order valence-corrected chi connectivity index (χ3v) is 5.23. The van der Waals surface area contributed by atoms with Crippen LogP contribution in [0.1, 0.15) is 19.8 Å². The van der Waals surface area contributed by atoms with Gasteiger partial charge >= 0.3 is 5.97 Å². The van der Waals surface area contributed by atoms with E-state index in [1.165, 1.54) is 4.90 Å². The van der Waals surface area contributed by atoms with Crippen LogP contribution in [0.2, 0.25) is 5.02 Å². The van der Waals surface area contributed by atoms with Crippen LogP contribution in [0.3, 0.4) is 0 Å². The van der Waals surface area contributed by atoms with Gasteiger partial charge in [0, 0.05) is 23.1 Å². The summed E-state index contributed by atoms with van der Waals surface area (Å²) in [7, 11) is 0. The molecule has 5 nitrogen and oxygen atoms in total. The van der Waals surface area contributed by atoms with E-state index in [4.69, 9.17) is 28.6 Å². The summed E-state index contributed by atoms with van der Waals surface area (Å²) in [6.45, 7) is 4.88. The number of rotatable bonds is 5. The minimum absolute atomic E-state index is 0.00659. The van der Waals surface area contributed by atoms with E-state index in [0.29, 0.717) is 11.6 Å². The maximum atomic E-state index is 12.0. The zero-order valence-electron chi connectivity index (χ0n) is 14.3. The van der Waals surface area contributed by atoms with Crippen LogP contribution in [0, 0.1) is 10.7 Å². The standard InChI is InChI=1S/C18H22ClN3O2S/c1-2-24-17(23)14-5-4-8-20(12-14)13-21-9-10-22(18(21)25)16-7-3-6-15(19)11-16/h3,6-7,9-11,14H,2,4-5,8,12-13H2,1H3/p+1/t14-/m1/s1. The number of halogens is 1. The van der Waals surface area contributed by atoms with Crippen LogP contribution in [-0.4, -0.2) is 34.8 Å². The molecule has 0 aliphatic carbocycles. The lowest BCUT2D eigenvalue weighted by atomic mass is 9.99. The number of nitrogens with one attached hydrogen (secondary N) is 1. The molecule has 1 fully saturated rings. The van der Waals surface area contributed by atoms with Crippen LogP contribution in [0.5, 0.6) is 0 Å². The molecule has 3 rings (SSSR count). The van der Waals surface area contributed by atoms with Crippen LogP contribution in [0.15, 0.2) is 36.7 Å². The minimum Gasteiger partial charge on any atom is -0.466 e. The van der Waals surface area contributed by atoms with Crippen molar-refractivity contribution in [2.24, 2.45) is 5.92 Å². The van der Waals surface area contributed by atoms with E-state index in [1.54, 1.807) is 0 Å². The van der Waals surface area contributed by atoms with Crippen molar-refractivity contribution in [3.63, 3.8) is 0 Å². The third-order valence-electron chi connectivity index (χ3n) is 4.57. The number of benzene rings is 1. The summed E-state index contributed by atoms with van der Waals surface area (Å²) in [5.74, 6) is -0.0762. The van der Waals surface area contributed by atoms with Gasteiger partial charge in [0.25, 0.3) is 0 Å². The van der Waals surface area contributed by atoms with Gasteiger partial charge in [0.15, 0.2) is 11.4 Å². The van der Waals surface area contributed by atoms with Gasteiger partial charge in [0.05, 0.1) is 19.7 Å². The van der Waals surface area contributed by atoms with Crippen molar-refractivity contribution in [2.75, 3.05) is 19.7 Å². The molecule has 0 spiro atoms. The van der Waals surface area contributed by atoms with Crippen molar-refractivity contribution >= 4 is 29.8 Å². The van der Waals surface area contributed by atoms with Crippen LogP contribution in [-0.2, 0) is 16.2 Å². The summed E-state index contributed by atoms with van der Waals surface area (Å²) < 4.78 is 9.92. The molecule has 1 aliphatic rings. The molecule has 2 aromatic rings. The molecule has 134 valence electrons. The van der Waals surface area contributed by atoms with E-state index in [9.17, 15) is 4.79 Å². The molecule has 1 saturated heterocycles. The molecule has 7 heteroatoms. The van der Waals surface area contributed by atoms with Crippen molar-refractivity contribution < 1.29 is 14.4 Å². The summed E-state index contributed by atoms with van der Waals surface area (Å²) in [4.78, 5) is 13.4. The minimum atomic E-state index is -0.0696. The number of aromatic nitrogens is 2. The maximum Gasteiger partial charge on any atom is 0.314 e. The van der Waals surface area contributed by atoms with Gasteiger partial charge < -0.3 is 9.64 Å². The maximum absolute atomic E-state index is 12.0. The highest BCUT2D eigenvalue weighted by Gasteiger charge is 2.29. The molecule has 2 heterocycles. The first kappa shape index (κ1) is 18.2. The average Bonchev–Trinajstić information content (AvgIpc) is 2.96. The van der Waals surface area contributed by atoms with Gasteiger partial charge in [-0.3, -0.25) is 13.9 Å². The lowest BCUT2D eigenvalue weighted by molar-refractivity contribution is -0.930. The molecule has 0 radical (unpaired) electrons. The monoisotopic (exact) mass is 380 g/mol. The Morgan fingerprint density at radius 2 is 2.28 bits per heavy atom. The lowest BCUT2D eigenvalue weighted by Crippen LogP contribution is -3.13. The Bertz CT molecular complexity index is 802. The number of esters is 1. The number of nitrogens with zero attached hydrogens (tertiary/aromatic N) is 2. The van der Waals surface area contributed by atoms with Crippen LogP contribution < -0.4 is 4.90 Å². The largest absolute Gasteiger partial charge is 0.466 e. The van der Waals surface area contributed by atoms with Gasteiger partial charge in [-0.2, -0.15) is 0 Å². The summed E-state index contributed by atoms with van der Waals surface area (Å²) >= 11 is 11.7. The predicted molar refractivity (Wildman–Crippen MR) is 99.7 cm³/mol. The molecule has 0 bridgehead atoms. The number of hydrogen-bond acceptors (Lipinski definition) is 3. The fourth-order valence-corrected chi connectivity index (χ4v) is 3.83. The topological polar surface area (TPSA) is 40.6 Å². The van der Waals surface area contributed by atoms with Gasteiger partial charge in [0.2, 0.25) is 0 Å². The molecule has 25 heavy (non-hydrogen) atoms. The number of carbonyl (C=O) groups excluding carboxylic acids is 1. The Labute approximate surface area is 157 Å². The van der Waals surface area contributed by atoms with Gasteiger partial charge in [-0.15, -0.1) is 0 Å². The number of likely N-dealkylation sites (tertiary alicyclic amines) is 1. The first-order valence-corrected chi connectivity index (χ1v) is 9.41. The number of ether oxygens (including phenoxy) is 1. The smallest absolute Gasteiger partial charge is 0.314 e. The highest BCUT2D eigenvalue weighted by Crippen LogP contribution is 2.16. The van der Waals surface area contributed by atoms with E-state index in [0.717, 1.165) is 43.1 Å². The van der Waals surface area contributed by atoms with Gasteiger partial charge in [0.1, 0.15) is 5.92 Å². The Hall–Kier alpha value is -1.63. The number of imidazole rings is 1. The molecular formula is C18H23ClN3O2S+. The van der Waals surface area contributed by atoms with E-state index in [1.807, 2.05) is 48.1 Å². The van der Waals surface area contributed by atoms with E-state index < -0.39 is 0 Å². The Morgan fingerprint density at radius 1 is 1.44 bits per heavy atom. The lowest BCUT2D eigenvalue weighted by Gasteiger charge is -2.28. The predicted octanol–water partition coefficient (Wildman–Crippen LogP) is 2.48. The van der Waals surface area contributed by atoms with Gasteiger partial charge in [-0.1, -0.05) is 17.7 Å². The third kappa shape index (κ3) is 4.32. The van der Waals surface area contributed by atoms with Crippen LogP contribution in [0.4, 0.5) is 0 Å². The first-order valence-electron chi connectivity index (χ1n) is 8.62. The quantitative estimate of drug-likeness (QED) is 0.640. The second kappa shape index (κ2) is 8.17. The number of quaternary nitrogens is 1. The van der Waals surface area contributed by atoms with Crippen molar-refractivity contribution in [1.82, 2.24) is 9.13 Å². The number of hydrogen-bond donors (Lipinski definition) is 1. The second-order valence-electron chi connectivity index (χ2n) is 6.35. The van der Waals surface area contributed by atoms with E-state index >= 15 is 0 Å². The molecule has 1 unspecified atom stereocenters. The number of piperidine rings is 1. The summed E-state index contributed by atoms with van der Waals surface area (Å²) in [6, 6.07) is 7.64. The van der Waals surface area contributed by atoms with Crippen LogP contribution in [0.25, 0.3) is 5.69 Å². The molecule has 2 atom stereocenters. The van der Waals surface area contributed by atoms with Crippen molar-refractivity contribution in [3.05, 3.63) is 46.5 Å². The van der Waals surface area contributed by atoms with Gasteiger partial charge in [-0.05, 0) is 50.2 Å². The van der Waals surface area contributed by atoms with Crippen LogP contribution >= 0.6 is 23.8 Å². The van der Waals surface area contributed by atoms with E-state index in [2.05, 4.69) is 4.57 Å². The fourth-order valence-electron chi connectivity index (χ4n) is 3.35. The zero-order chi connectivity index (χ0) is 17.8. The average molecular weight is 381 g/mol. The molecular weight excluding hydrogens is 358 g/mol. The highest BCUT2D eigenvalue weighted by atomic mass is 35.5. The Morgan fingerprint density at radius 3 is 3.04 bits per heavy atom. The fraction of sp³-hybridized carbons (Fsp3) is 0.444. The van der Waals surface area contributed by atoms with Crippen molar-refractivity contribution in [2.45, 2.75) is 26.4 Å². The van der Waals surface area contributed by atoms with E-state index in [-0.39, 0.29) is 11.9 Å². The normalized spacial score (nSPS) is 20.4. The summed E-state index contributed by atoms with van der Waals surface area (Å²) in [6.07, 6.45) is 5.89. The second-order valence-corrected chi connectivity index (χ2v) is 7.16. The molecule has 0 amide bonds. The number of carbonyl (C=O) groups is 1. The van der Waals surface area contributed by atoms with Crippen molar-refractivity contribution in [3.8, 4) is 5.69 Å². The Kier molecular flexibility index (Phi) is 5.93.